The van der Waals surface area contributed by atoms with Gasteiger partial charge < -0.3 is 9.90 Å². The monoisotopic (exact) mass is 365 g/mol. The summed E-state index contributed by atoms with van der Waals surface area (Å²) in [5, 5.41) is 15.3. The third kappa shape index (κ3) is 4.06. The van der Waals surface area contributed by atoms with E-state index in [2.05, 4.69) is 26.5 Å². The average Bonchev–Trinajstić information content (AvgIpc) is 2.46. The van der Waals surface area contributed by atoms with Crippen molar-refractivity contribution in [2.45, 2.75) is 6.92 Å². The molecular formula is C15H11BrClN2O2-. The van der Waals surface area contributed by atoms with Gasteiger partial charge >= 0.3 is 0 Å². The van der Waals surface area contributed by atoms with Crippen LogP contribution in [0.3, 0.4) is 0 Å². The third-order valence-electron chi connectivity index (χ3n) is 2.80. The molecule has 0 aromatic heterocycles. The summed E-state index contributed by atoms with van der Waals surface area (Å²) in [6.07, 6.45) is 0. The number of rotatable bonds is 4. The summed E-state index contributed by atoms with van der Waals surface area (Å²) in [4.78, 5) is 10.9. The maximum Gasteiger partial charge on any atom is 0.0731 e. The number of benzene rings is 2. The molecule has 0 aliphatic rings. The Morgan fingerprint density at radius 2 is 1.90 bits per heavy atom. The molecule has 0 aliphatic carbocycles. The summed E-state index contributed by atoms with van der Waals surface area (Å²) in [7, 11) is 0. The van der Waals surface area contributed by atoms with Gasteiger partial charge in [-0.3, -0.25) is 5.43 Å². The lowest BCUT2D eigenvalue weighted by atomic mass is 10.1. The van der Waals surface area contributed by atoms with Gasteiger partial charge in [0.15, 0.2) is 0 Å². The van der Waals surface area contributed by atoms with E-state index >= 15 is 0 Å². The minimum atomic E-state index is -1.32. The largest absolute Gasteiger partial charge is 0.545 e. The molecule has 0 radical (unpaired) electrons. The third-order valence-corrected chi connectivity index (χ3v) is 3.66. The second kappa shape index (κ2) is 6.74. The van der Waals surface area contributed by atoms with E-state index in [1.165, 1.54) is 12.1 Å². The Kier molecular flexibility index (Phi) is 4.98. The molecule has 6 heteroatoms. The van der Waals surface area contributed by atoms with Crippen LogP contribution in [-0.2, 0) is 0 Å². The molecule has 21 heavy (non-hydrogen) atoms. The van der Waals surface area contributed by atoms with E-state index < -0.39 is 5.97 Å². The molecule has 108 valence electrons. The number of hydrogen-bond acceptors (Lipinski definition) is 4. The fourth-order valence-electron chi connectivity index (χ4n) is 1.66. The quantitative estimate of drug-likeness (QED) is 0.667. The second-order valence-electron chi connectivity index (χ2n) is 4.30. The molecule has 0 saturated heterocycles. The molecule has 0 aliphatic heterocycles. The van der Waals surface area contributed by atoms with Gasteiger partial charge in [0.1, 0.15) is 0 Å². The van der Waals surface area contributed by atoms with Gasteiger partial charge in [0.05, 0.1) is 17.4 Å². The first kappa shape index (κ1) is 15.5. The number of anilines is 1. The van der Waals surface area contributed by atoms with Crippen LogP contribution < -0.4 is 10.5 Å². The molecular weight excluding hydrogens is 356 g/mol. The number of halogens is 2. The summed E-state index contributed by atoms with van der Waals surface area (Å²) in [5.41, 5.74) is 4.99. The smallest absolute Gasteiger partial charge is 0.0731 e. The number of hydrogen-bond donors (Lipinski definition) is 1. The molecule has 2 aromatic carbocycles. The normalized spacial score (nSPS) is 11.3. The lowest BCUT2D eigenvalue weighted by Gasteiger charge is -2.08. The van der Waals surface area contributed by atoms with Crippen molar-refractivity contribution >= 4 is 44.9 Å². The molecule has 1 N–H and O–H groups in total. The number of carboxylic acid groups (broad SMARTS) is 1. The molecule has 4 nitrogen and oxygen atoms in total. The zero-order chi connectivity index (χ0) is 15.4. The average molecular weight is 367 g/mol. The molecule has 2 aromatic rings. The van der Waals surface area contributed by atoms with Crippen molar-refractivity contribution in [3.05, 3.63) is 63.1 Å². The Bertz CT molecular complexity index is 699. The van der Waals surface area contributed by atoms with Crippen LogP contribution in [0, 0.1) is 0 Å². The van der Waals surface area contributed by atoms with Crippen molar-refractivity contribution < 1.29 is 9.90 Å². The van der Waals surface area contributed by atoms with Crippen LogP contribution in [0.4, 0.5) is 5.69 Å². The first-order chi connectivity index (χ1) is 9.97. The fourth-order valence-corrected chi connectivity index (χ4v) is 2.11. The highest BCUT2D eigenvalue weighted by atomic mass is 79.9. The maximum absolute atomic E-state index is 10.9. The van der Waals surface area contributed by atoms with E-state index in [4.69, 9.17) is 11.6 Å². The highest BCUT2D eigenvalue weighted by Crippen LogP contribution is 2.20. The van der Waals surface area contributed by atoms with E-state index in [0.29, 0.717) is 5.69 Å². The Morgan fingerprint density at radius 3 is 2.52 bits per heavy atom. The number of nitrogens with one attached hydrogen (secondary N) is 1. The lowest BCUT2D eigenvalue weighted by molar-refractivity contribution is -0.255. The molecule has 0 fully saturated rings. The molecule has 0 spiro atoms. The number of nitrogens with zero attached hydrogens (tertiary/aromatic N) is 1. The van der Waals surface area contributed by atoms with E-state index in [0.717, 1.165) is 15.7 Å². The van der Waals surface area contributed by atoms with Gasteiger partial charge in [0.2, 0.25) is 0 Å². The van der Waals surface area contributed by atoms with Crippen molar-refractivity contribution in [1.29, 1.82) is 0 Å². The van der Waals surface area contributed by atoms with Gasteiger partial charge in [-0.05, 0) is 42.8 Å². The fraction of sp³-hybridized carbons (Fsp3) is 0.0667. The summed E-state index contributed by atoms with van der Waals surface area (Å²) >= 11 is 9.14. The van der Waals surface area contributed by atoms with Crippen molar-refractivity contribution in [2.24, 2.45) is 5.10 Å². The van der Waals surface area contributed by atoms with E-state index in [-0.39, 0.29) is 10.6 Å². The summed E-state index contributed by atoms with van der Waals surface area (Å²) in [5.74, 6) is -1.32. The second-order valence-corrected chi connectivity index (χ2v) is 5.62. The first-order valence-electron chi connectivity index (χ1n) is 6.04. The molecule has 0 bridgehead atoms. The van der Waals surface area contributed by atoms with E-state index in [9.17, 15) is 9.90 Å². The molecule has 0 amide bonds. The van der Waals surface area contributed by atoms with Crippen LogP contribution >= 0.6 is 27.5 Å². The minimum absolute atomic E-state index is 0.0711. The SMILES string of the molecule is C/C(=N/Nc1ccc(Cl)c(C(=O)[O-])c1)c1ccc(Br)cc1. The number of carboxylic acids is 1. The Balaban J connectivity index is 2.18. The van der Waals surface area contributed by atoms with Crippen LogP contribution in [0.25, 0.3) is 0 Å². The van der Waals surface area contributed by atoms with Crippen LogP contribution in [0.15, 0.2) is 52.0 Å². The first-order valence-corrected chi connectivity index (χ1v) is 7.21. The summed E-state index contributed by atoms with van der Waals surface area (Å²) in [6.45, 7) is 1.85. The van der Waals surface area contributed by atoms with Gasteiger partial charge in [0.25, 0.3) is 0 Å². The minimum Gasteiger partial charge on any atom is -0.545 e. The van der Waals surface area contributed by atoms with E-state index in [1.807, 2.05) is 31.2 Å². The maximum atomic E-state index is 10.9. The molecule has 0 heterocycles. The van der Waals surface area contributed by atoms with Crippen molar-refractivity contribution in [3.63, 3.8) is 0 Å². The molecule has 2 rings (SSSR count). The summed E-state index contributed by atoms with van der Waals surface area (Å²) < 4.78 is 0.989. The van der Waals surface area contributed by atoms with Crippen LogP contribution in [0.2, 0.25) is 5.02 Å². The zero-order valence-corrected chi connectivity index (χ0v) is 13.4. The zero-order valence-electron chi connectivity index (χ0n) is 11.1. The molecule has 0 unspecified atom stereocenters. The van der Waals surface area contributed by atoms with Crippen molar-refractivity contribution in [1.82, 2.24) is 0 Å². The number of aromatic carboxylic acids is 1. The lowest BCUT2D eigenvalue weighted by Crippen LogP contribution is -2.22. The number of carbonyl (C=O) groups excluding carboxylic acids is 1. The van der Waals surface area contributed by atoms with Gasteiger partial charge in [-0.25, -0.2) is 0 Å². The summed E-state index contributed by atoms with van der Waals surface area (Å²) in [6, 6.07) is 12.2. The van der Waals surface area contributed by atoms with Gasteiger partial charge in [-0.15, -0.1) is 0 Å². The topological polar surface area (TPSA) is 64.5 Å². The van der Waals surface area contributed by atoms with Crippen LogP contribution in [-0.4, -0.2) is 11.7 Å². The predicted octanol–water partition coefficient (Wildman–Crippen LogP) is 3.30. The number of carbonyl (C=O) groups is 1. The standard InChI is InChI=1S/C15H12BrClN2O2/c1-9(10-2-4-11(16)5-3-10)18-19-12-6-7-14(17)13(8-12)15(20)21/h2-8,19H,1H3,(H,20,21)/p-1/b18-9-. The Morgan fingerprint density at radius 1 is 1.24 bits per heavy atom. The molecule has 0 saturated carbocycles. The number of hydrazone groups is 1. The van der Waals surface area contributed by atoms with E-state index in [1.54, 1.807) is 6.07 Å². The Labute approximate surface area is 135 Å². The highest BCUT2D eigenvalue weighted by molar-refractivity contribution is 9.10. The Hall–Kier alpha value is -1.85. The highest BCUT2D eigenvalue weighted by Gasteiger charge is 2.03. The van der Waals surface area contributed by atoms with Crippen molar-refractivity contribution in [2.75, 3.05) is 5.43 Å². The van der Waals surface area contributed by atoms with Gasteiger partial charge in [-0.2, -0.15) is 5.10 Å². The van der Waals surface area contributed by atoms with Crippen molar-refractivity contribution in [3.8, 4) is 0 Å². The van der Waals surface area contributed by atoms with Crippen LogP contribution in [0.5, 0.6) is 0 Å². The van der Waals surface area contributed by atoms with Crippen LogP contribution in [0.1, 0.15) is 22.8 Å². The predicted molar refractivity (Wildman–Crippen MR) is 85.8 cm³/mol. The molecule has 0 atom stereocenters. The van der Waals surface area contributed by atoms with Gasteiger partial charge in [-0.1, -0.05) is 39.7 Å². The van der Waals surface area contributed by atoms with Gasteiger partial charge in [0, 0.05) is 15.1 Å².